The van der Waals surface area contributed by atoms with E-state index >= 15 is 0 Å². The number of aliphatic hydroxyl groups excluding tert-OH is 1. The van der Waals surface area contributed by atoms with Crippen LogP contribution in [-0.4, -0.2) is 9.67 Å². The van der Waals surface area contributed by atoms with Gasteiger partial charge in [-0.25, -0.2) is 0 Å². The fourth-order valence-electron chi connectivity index (χ4n) is 2.93. The van der Waals surface area contributed by atoms with Gasteiger partial charge in [-0.05, 0) is 37.7 Å². The lowest BCUT2D eigenvalue weighted by molar-refractivity contribution is 0.0980. The highest BCUT2D eigenvalue weighted by Crippen LogP contribution is 2.41. The van der Waals surface area contributed by atoms with Crippen molar-refractivity contribution < 1.29 is 5.11 Å². The van der Waals surface area contributed by atoms with Gasteiger partial charge < -0.3 is 9.67 Å². The number of aryl methyl sites for hydroxylation is 1. The smallest absolute Gasteiger partial charge is 0.0812 e. The summed E-state index contributed by atoms with van der Waals surface area (Å²) in [6.45, 7) is 11.4. The van der Waals surface area contributed by atoms with Crippen molar-refractivity contribution in [1.29, 1.82) is 0 Å². The van der Waals surface area contributed by atoms with Gasteiger partial charge in [0, 0.05) is 23.5 Å². The molecule has 17 heavy (non-hydrogen) atoms. The first kappa shape index (κ1) is 12.4. The number of hydrogen-bond acceptors (Lipinski definition) is 1. The number of aliphatic hydroxyl groups is 1. The molecule has 1 unspecified atom stereocenters. The van der Waals surface area contributed by atoms with E-state index in [1.165, 1.54) is 11.4 Å². The Labute approximate surface area is 104 Å². The lowest BCUT2D eigenvalue weighted by Crippen LogP contribution is -2.26. The molecular formula is C15H23NO. The summed E-state index contributed by atoms with van der Waals surface area (Å²) in [5.74, 6) is 0. The maximum Gasteiger partial charge on any atom is 0.0812 e. The quantitative estimate of drug-likeness (QED) is 0.795. The standard InChI is InChI=1S/C15H23NO/c1-5-6-7-16-11(2)8-12-13(16)9-15(3,4)10-14(12)17/h5,8,14,17H,1,6-7,9-10H2,2-4H3. The van der Waals surface area contributed by atoms with Gasteiger partial charge in [0.15, 0.2) is 0 Å². The fraction of sp³-hybridized carbons (Fsp3) is 0.600. The first-order valence-electron chi connectivity index (χ1n) is 6.42. The summed E-state index contributed by atoms with van der Waals surface area (Å²) in [7, 11) is 0. The molecule has 0 spiro atoms. The Bertz CT molecular complexity index is 428. The highest BCUT2D eigenvalue weighted by molar-refractivity contribution is 5.33. The Morgan fingerprint density at radius 1 is 1.59 bits per heavy atom. The van der Waals surface area contributed by atoms with Crippen molar-refractivity contribution in [3.8, 4) is 0 Å². The van der Waals surface area contributed by atoms with Gasteiger partial charge in [0.2, 0.25) is 0 Å². The van der Waals surface area contributed by atoms with Gasteiger partial charge in [-0.15, -0.1) is 6.58 Å². The normalized spacial score (nSPS) is 22.2. The van der Waals surface area contributed by atoms with Crippen LogP contribution in [0, 0.1) is 12.3 Å². The molecule has 0 aromatic carbocycles. The average Bonchev–Trinajstić information content (AvgIpc) is 2.51. The second-order valence-corrected chi connectivity index (χ2v) is 5.98. The summed E-state index contributed by atoms with van der Waals surface area (Å²) < 4.78 is 2.35. The van der Waals surface area contributed by atoms with E-state index in [4.69, 9.17) is 0 Å². The Hall–Kier alpha value is -1.02. The van der Waals surface area contributed by atoms with Crippen molar-refractivity contribution in [2.75, 3.05) is 0 Å². The third kappa shape index (κ3) is 2.32. The molecule has 0 saturated carbocycles. The maximum absolute atomic E-state index is 10.2. The van der Waals surface area contributed by atoms with Crippen LogP contribution in [-0.2, 0) is 13.0 Å². The van der Waals surface area contributed by atoms with Crippen molar-refractivity contribution in [3.63, 3.8) is 0 Å². The average molecular weight is 233 g/mol. The Kier molecular flexibility index (Phi) is 3.17. The second-order valence-electron chi connectivity index (χ2n) is 5.98. The molecule has 1 aliphatic carbocycles. The molecule has 1 heterocycles. The molecule has 0 amide bonds. The second kappa shape index (κ2) is 4.34. The molecule has 0 fully saturated rings. The minimum Gasteiger partial charge on any atom is -0.388 e. The molecule has 1 N–H and O–H groups in total. The monoisotopic (exact) mass is 233 g/mol. The van der Waals surface area contributed by atoms with Gasteiger partial charge >= 0.3 is 0 Å². The maximum atomic E-state index is 10.2. The van der Waals surface area contributed by atoms with E-state index in [9.17, 15) is 5.11 Å². The fourth-order valence-corrected chi connectivity index (χ4v) is 2.93. The number of rotatable bonds is 3. The minimum absolute atomic E-state index is 0.198. The zero-order chi connectivity index (χ0) is 12.6. The minimum atomic E-state index is -0.294. The van der Waals surface area contributed by atoms with Crippen LogP contribution < -0.4 is 0 Å². The van der Waals surface area contributed by atoms with Crippen LogP contribution in [0.15, 0.2) is 18.7 Å². The van der Waals surface area contributed by atoms with Crippen LogP contribution in [0.2, 0.25) is 0 Å². The molecule has 1 aromatic heterocycles. The zero-order valence-electron chi connectivity index (χ0n) is 11.2. The van der Waals surface area contributed by atoms with Crippen molar-refractivity contribution in [2.24, 2.45) is 5.41 Å². The molecule has 0 saturated heterocycles. The molecule has 94 valence electrons. The van der Waals surface area contributed by atoms with Crippen molar-refractivity contribution in [3.05, 3.63) is 35.7 Å². The van der Waals surface area contributed by atoms with E-state index in [2.05, 4.69) is 38.0 Å². The highest BCUT2D eigenvalue weighted by Gasteiger charge is 2.33. The molecule has 2 heteroatoms. The Balaban J connectivity index is 2.39. The number of nitrogens with zero attached hydrogens (tertiary/aromatic N) is 1. The summed E-state index contributed by atoms with van der Waals surface area (Å²) >= 11 is 0. The van der Waals surface area contributed by atoms with Crippen molar-refractivity contribution in [2.45, 2.75) is 52.7 Å². The van der Waals surface area contributed by atoms with Crippen molar-refractivity contribution in [1.82, 2.24) is 4.57 Å². The third-order valence-electron chi connectivity index (χ3n) is 3.76. The van der Waals surface area contributed by atoms with Gasteiger partial charge in [-0.2, -0.15) is 0 Å². The number of hydrogen-bond donors (Lipinski definition) is 1. The van der Waals surface area contributed by atoms with Gasteiger partial charge in [0.05, 0.1) is 6.10 Å². The van der Waals surface area contributed by atoms with E-state index < -0.39 is 0 Å². The molecule has 2 nitrogen and oxygen atoms in total. The Morgan fingerprint density at radius 2 is 2.29 bits per heavy atom. The first-order chi connectivity index (χ1) is 7.94. The topological polar surface area (TPSA) is 25.2 Å². The summed E-state index contributed by atoms with van der Waals surface area (Å²) in [6, 6.07) is 2.15. The van der Waals surface area contributed by atoms with E-state index in [1.807, 2.05) is 6.08 Å². The van der Waals surface area contributed by atoms with Crippen LogP contribution in [0.5, 0.6) is 0 Å². The van der Waals surface area contributed by atoms with Crippen LogP contribution in [0.3, 0.4) is 0 Å². The van der Waals surface area contributed by atoms with Gasteiger partial charge in [0.1, 0.15) is 0 Å². The lowest BCUT2D eigenvalue weighted by atomic mass is 9.75. The molecule has 1 aliphatic rings. The predicted octanol–water partition coefficient (Wildman–Crippen LogP) is 3.38. The summed E-state index contributed by atoms with van der Waals surface area (Å²) in [6.07, 6.45) is 4.57. The molecular weight excluding hydrogens is 210 g/mol. The van der Waals surface area contributed by atoms with E-state index in [0.29, 0.717) is 0 Å². The lowest BCUT2D eigenvalue weighted by Gasteiger charge is -2.34. The van der Waals surface area contributed by atoms with Crippen LogP contribution in [0.1, 0.15) is 49.7 Å². The summed E-state index contributed by atoms with van der Waals surface area (Å²) in [5.41, 5.74) is 3.93. The van der Waals surface area contributed by atoms with E-state index in [1.54, 1.807) is 0 Å². The highest BCUT2D eigenvalue weighted by atomic mass is 16.3. The van der Waals surface area contributed by atoms with Crippen LogP contribution >= 0.6 is 0 Å². The largest absolute Gasteiger partial charge is 0.388 e. The van der Waals surface area contributed by atoms with Gasteiger partial charge in [0.25, 0.3) is 0 Å². The summed E-state index contributed by atoms with van der Waals surface area (Å²) in [5, 5.41) is 10.2. The van der Waals surface area contributed by atoms with Crippen LogP contribution in [0.25, 0.3) is 0 Å². The van der Waals surface area contributed by atoms with Gasteiger partial charge in [-0.1, -0.05) is 19.9 Å². The summed E-state index contributed by atoms with van der Waals surface area (Å²) in [4.78, 5) is 0. The molecule has 1 atom stereocenters. The van der Waals surface area contributed by atoms with E-state index in [-0.39, 0.29) is 11.5 Å². The molecule has 2 rings (SSSR count). The molecule has 0 bridgehead atoms. The SMILES string of the molecule is C=CCCn1c(C)cc2c1CC(C)(C)CC2O. The Morgan fingerprint density at radius 3 is 2.94 bits per heavy atom. The number of fused-ring (bicyclic) bond motifs is 1. The third-order valence-corrected chi connectivity index (χ3v) is 3.76. The van der Waals surface area contributed by atoms with Gasteiger partial charge in [-0.3, -0.25) is 0 Å². The molecule has 0 radical (unpaired) electrons. The van der Waals surface area contributed by atoms with E-state index in [0.717, 1.165) is 31.4 Å². The van der Waals surface area contributed by atoms with Crippen LogP contribution in [0.4, 0.5) is 0 Å². The first-order valence-corrected chi connectivity index (χ1v) is 6.42. The van der Waals surface area contributed by atoms with Crippen molar-refractivity contribution >= 4 is 0 Å². The molecule has 1 aromatic rings. The zero-order valence-corrected chi connectivity index (χ0v) is 11.2. The number of aromatic nitrogens is 1. The number of allylic oxidation sites excluding steroid dienone is 1. The molecule has 0 aliphatic heterocycles. The predicted molar refractivity (Wildman–Crippen MR) is 71.0 cm³/mol.